The molecule has 0 saturated heterocycles. The van der Waals surface area contributed by atoms with Gasteiger partial charge in [-0.25, -0.2) is 18.2 Å². The van der Waals surface area contributed by atoms with Gasteiger partial charge in [0, 0.05) is 18.3 Å². The highest BCUT2D eigenvalue weighted by molar-refractivity contribution is 7.91. The minimum Gasteiger partial charge on any atom is -0.477 e. The number of hydrogen-bond donors (Lipinski definition) is 2. The number of anilines is 1. The number of hydrogen-bond acceptors (Lipinski definition) is 7. The van der Waals surface area contributed by atoms with Crippen molar-refractivity contribution in [3.63, 3.8) is 0 Å². The lowest BCUT2D eigenvalue weighted by atomic mass is 10.2. The Bertz CT molecular complexity index is 1130. The number of aromatic nitrogens is 1. The number of thiophene rings is 1. The minimum atomic E-state index is -5.93. The fourth-order valence-electron chi connectivity index (χ4n) is 2.38. The SMILES string of the molecule is CCS(=O)(=O)c1cc(C(C)=O)cnc1NCc1cc(C(F)(F)C(F)(F)F)sc1C(=O)O. The quantitative estimate of drug-likeness (QED) is 0.427. The van der Waals surface area contributed by atoms with E-state index in [1.54, 1.807) is 0 Å². The van der Waals surface area contributed by atoms with Gasteiger partial charge in [0.05, 0.1) is 10.6 Å². The topological polar surface area (TPSA) is 113 Å². The van der Waals surface area contributed by atoms with Crippen molar-refractivity contribution in [2.24, 2.45) is 0 Å². The van der Waals surface area contributed by atoms with Crippen LogP contribution in [0.25, 0.3) is 0 Å². The van der Waals surface area contributed by atoms with Gasteiger partial charge in [-0.05, 0) is 24.6 Å². The van der Waals surface area contributed by atoms with Crippen LogP contribution in [0.4, 0.5) is 27.8 Å². The highest BCUT2D eigenvalue weighted by atomic mass is 32.2. The maximum absolute atomic E-state index is 13.6. The maximum Gasteiger partial charge on any atom is 0.458 e. The third kappa shape index (κ3) is 5.01. The zero-order valence-corrected chi connectivity index (χ0v) is 17.5. The van der Waals surface area contributed by atoms with Crippen LogP contribution >= 0.6 is 11.3 Å². The highest BCUT2D eigenvalue weighted by Gasteiger charge is 2.60. The van der Waals surface area contributed by atoms with Gasteiger partial charge in [-0.2, -0.15) is 22.0 Å². The molecule has 0 atom stereocenters. The fraction of sp³-hybridized carbons (Fsp3) is 0.353. The number of nitrogens with zero attached hydrogens (tertiary/aromatic N) is 1. The van der Waals surface area contributed by atoms with Crippen LogP contribution in [0, 0.1) is 0 Å². The van der Waals surface area contributed by atoms with Crippen molar-refractivity contribution in [3.8, 4) is 0 Å². The summed E-state index contributed by atoms with van der Waals surface area (Å²) in [6.45, 7) is 1.90. The Labute approximate surface area is 176 Å². The van der Waals surface area contributed by atoms with Gasteiger partial charge < -0.3 is 10.4 Å². The van der Waals surface area contributed by atoms with E-state index in [0.29, 0.717) is 6.07 Å². The molecule has 0 fully saturated rings. The molecule has 170 valence electrons. The second kappa shape index (κ2) is 8.49. The predicted molar refractivity (Wildman–Crippen MR) is 101 cm³/mol. The second-order valence-corrected chi connectivity index (χ2v) is 9.53. The summed E-state index contributed by atoms with van der Waals surface area (Å²) in [5.41, 5.74) is -0.444. The molecule has 2 rings (SSSR count). The normalized spacial score (nSPS) is 12.6. The lowest BCUT2D eigenvalue weighted by molar-refractivity contribution is -0.287. The first-order valence-corrected chi connectivity index (χ1v) is 10.9. The lowest BCUT2D eigenvalue weighted by Gasteiger charge is -2.17. The van der Waals surface area contributed by atoms with E-state index in [1.807, 2.05) is 0 Å². The molecular formula is C17H15F5N2O5S2. The molecule has 2 aromatic rings. The van der Waals surface area contributed by atoms with Crippen molar-refractivity contribution in [1.29, 1.82) is 0 Å². The molecule has 0 aliphatic rings. The van der Waals surface area contributed by atoms with Crippen LogP contribution in [0.15, 0.2) is 23.2 Å². The van der Waals surface area contributed by atoms with E-state index >= 15 is 0 Å². The molecule has 2 heterocycles. The van der Waals surface area contributed by atoms with Crippen LogP contribution in [-0.4, -0.2) is 42.2 Å². The Kier molecular flexibility index (Phi) is 6.76. The van der Waals surface area contributed by atoms with Crippen LogP contribution in [0.2, 0.25) is 0 Å². The Hall–Kier alpha value is -2.61. The first-order valence-electron chi connectivity index (χ1n) is 8.40. The number of carbonyl (C=O) groups is 2. The van der Waals surface area contributed by atoms with Crippen molar-refractivity contribution in [1.82, 2.24) is 4.98 Å². The number of alkyl halides is 5. The standard InChI is InChI=1S/C17H15F5N2O5S2/c1-3-31(28,29)11-4-9(8(2)25)6-23-14(11)24-7-10-5-12(30-13(10)15(26)27)16(18,19)17(20,21)22/h4-6H,3,7H2,1-2H3,(H,23,24)(H,26,27). The Balaban J connectivity index is 2.48. The number of sulfone groups is 1. The van der Waals surface area contributed by atoms with Gasteiger partial charge in [-0.15, -0.1) is 11.3 Å². The van der Waals surface area contributed by atoms with Crippen LogP contribution in [0.1, 0.15) is 44.3 Å². The zero-order chi connectivity index (χ0) is 23.8. The van der Waals surface area contributed by atoms with E-state index < -0.39 is 60.4 Å². The fourth-order valence-corrected chi connectivity index (χ4v) is 4.43. The van der Waals surface area contributed by atoms with E-state index in [0.717, 1.165) is 12.3 Å². The van der Waals surface area contributed by atoms with Crippen LogP contribution in [-0.2, 0) is 22.3 Å². The second-order valence-electron chi connectivity index (χ2n) is 6.23. The van der Waals surface area contributed by atoms with Gasteiger partial charge in [0.25, 0.3) is 0 Å². The number of halogens is 5. The number of carbonyl (C=O) groups excluding carboxylic acids is 1. The van der Waals surface area contributed by atoms with E-state index in [1.165, 1.54) is 13.8 Å². The molecule has 0 aliphatic carbocycles. The number of aromatic carboxylic acids is 1. The summed E-state index contributed by atoms with van der Waals surface area (Å²) >= 11 is -0.236. The third-order valence-electron chi connectivity index (χ3n) is 4.09. The molecule has 2 N–H and O–H groups in total. The monoisotopic (exact) mass is 486 g/mol. The average Bonchev–Trinajstić information content (AvgIpc) is 3.10. The van der Waals surface area contributed by atoms with Crippen molar-refractivity contribution in [3.05, 3.63) is 39.2 Å². The van der Waals surface area contributed by atoms with E-state index in [9.17, 15) is 45.1 Å². The number of nitrogens with one attached hydrogen (secondary N) is 1. The summed E-state index contributed by atoms with van der Waals surface area (Å²) in [4.78, 5) is 24.0. The van der Waals surface area contributed by atoms with Gasteiger partial charge in [0.2, 0.25) is 0 Å². The number of pyridine rings is 1. The van der Waals surface area contributed by atoms with Crippen LogP contribution in [0.3, 0.4) is 0 Å². The van der Waals surface area contributed by atoms with Crippen LogP contribution < -0.4 is 5.32 Å². The molecule has 0 bridgehead atoms. The van der Waals surface area contributed by atoms with Crippen molar-refractivity contribution >= 4 is 38.7 Å². The first kappa shape index (κ1) is 24.7. The molecule has 14 heteroatoms. The first-order chi connectivity index (χ1) is 14.1. The Morgan fingerprint density at radius 2 is 1.81 bits per heavy atom. The van der Waals surface area contributed by atoms with Gasteiger partial charge in [0.1, 0.15) is 15.6 Å². The molecule has 0 aromatic carbocycles. The van der Waals surface area contributed by atoms with Gasteiger partial charge in [-0.3, -0.25) is 4.79 Å². The smallest absolute Gasteiger partial charge is 0.458 e. The number of carboxylic acids is 1. The summed E-state index contributed by atoms with van der Waals surface area (Å²) in [6.07, 6.45) is -4.88. The predicted octanol–water partition coefficient (Wildman–Crippen LogP) is 4.10. The zero-order valence-electron chi connectivity index (χ0n) is 15.9. The van der Waals surface area contributed by atoms with Crippen molar-refractivity contribution < 1.29 is 45.1 Å². The van der Waals surface area contributed by atoms with Gasteiger partial charge >= 0.3 is 18.1 Å². The number of carboxylic acid groups (broad SMARTS) is 1. The molecule has 0 aliphatic heterocycles. The molecule has 0 unspecified atom stereocenters. The highest BCUT2D eigenvalue weighted by Crippen LogP contribution is 2.47. The van der Waals surface area contributed by atoms with Crippen LogP contribution in [0.5, 0.6) is 0 Å². The molecule has 0 saturated carbocycles. The molecule has 7 nitrogen and oxygen atoms in total. The van der Waals surface area contributed by atoms with Crippen molar-refractivity contribution in [2.45, 2.75) is 37.4 Å². The molecule has 31 heavy (non-hydrogen) atoms. The van der Waals surface area contributed by atoms with Gasteiger partial charge in [-0.1, -0.05) is 6.92 Å². The maximum atomic E-state index is 13.6. The number of rotatable bonds is 8. The minimum absolute atomic E-state index is 0.0218. The average molecular weight is 486 g/mol. The summed E-state index contributed by atoms with van der Waals surface area (Å²) in [6, 6.07) is 1.44. The number of ketones is 1. The summed E-state index contributed by atoms with van der Waals surface area (Å²) in [5, 5.41) is 11.6. The van der Waals surface area contributed by atoms with E-state index in [2.05, 4.69) is 10.3 Å². The van der Waals surface area contributed by atoms with E-state index in [-0.39, 0.29) is 28.5 Å². The van der Waals surface area contributed by atoms with Gasteiger partial charge in [0.15, 0.2) is 15.6 Å². The van der Waals surface area contributed by atoms with Crippen molar-refractivity contribution in [2.75, 3.05) is 11.1 Å². The largest absolute Gasteiger partial charge is 0.477 e. The molecule has 0 amide bonds. The molecule has 0 radical (unpaired) electrons. The Morgan fingerprint density at radius 3 is 2.29 bits per heavy atom. The molecule has 0 spiro atoms. The molecular weight excluding hydrogens is 471 g/mol. The third-order valence-corrected chi connectivity index (χ3v) is 7.07. The lowest BCUT2D eigenvalue weighted by Crippen LogP contribution is -2.32. The number of Topliss-reactive ketones (excluding diaryl/α,β-unsaturated/α-hetero) is 1. The summed E-state index contributed by atoms with van der Waals surface area (Å²) in [7, 11) is -3.91. The molecule has 2 aromatic heterocycles. The summed E-state index contributed by atoms with van der Waals surface area (Å²) < 4.78 is 89.8. The summed E-state index contributed by atoms with van der Waals surface area (Å²) in [5.74, 6) is -8.15. The van der Waals surface area contributed by atoms with E-state index in [4.69, 9.17) is 0 Å². The Morgan fingerprint density at radius 1 is 1.19 bits per heavy atom.